The number of halogens is 3. The minimum Gasteiger partial charge on any atom is -0.397 e. The molecule has 2 N–H and O–H groups in total. The third-order valence-electron chi connectivity index (χ3n) is 2.97. The van der Waals surface area contributed by atoms with Gasteiger partial charge in [-0.05, 0) is 12.5 Å². The van der Waals surface area contributed by atoms with E-state index in [2.05, 4.69) is 4.98 Å². The van der Waals surface area contributed by atoms with E-state index in [9.17, 15) is 13.2 Å². The molecule has 1 aliphatic rings. The van der Waals surface area contributed by atoms with Crippen molar-refractivity contribution in [1.29, 1.82) is 0 Å². The Hall–Kier alpha value is -1.50. The molecule has 1 atom stereocenters. The Morgan fingerprint density at radius 1 is 1.50 bits per heavy atom. The molecule has 1 aromatic heterocycles. The minimum atomic E-state index is -4.46. The second-order valence-corrected chi connectivity index (χ2v) is 4.23. The van der Waals surface area contributed by atoms with Gasteiger partial charge in [-0.3, -0.25) is 0 Å². The Balaban J connectivity index is 2.33. The fourth-order valence-electron chi connectivity index (χ4n) is 2.05. The second-order valence-electron chi connectivity index (χ2n) is 4.23. The quantitative estimate of drug-likeness (QED) is 0.883. The van der Waals surface area contributed by atoms with Crippen molar-refractivity contribution in [1.82, 2.24) is 4.98 Å². The van der Waals surface area contributed by atoms with E-state index in [0.29, 0.717) is 19.5 Å². The standard InChI is InChI=1S/C11H14F3N3O/c1-18-8-2-3-17(6-8)10-9(11(12,13)14)4-7(15)5-16-10/h4-5,8H,2-3,6,15H2,1H3/t8-/m1/s1. The summed E-state index contributed by atoms with van der Waals surface area (Å²) in [4.78, 5) is 5.40. The van der Waals surface area contributed by atoms with Gasteiger partial charge in [-0.2, -0.15) is 13.2 Å². The Morgan fingerprint density at radius 2 is 2.22 bits per heavy atom. The lowest BCUT2D eigenvalue weighted by molar-refractivity contribution is -0.137. The van der Waals surface area contributed by atoms with E-state index >= 15 is 0 Å². The molecule has 0 unspecified atom stereocenters. The lowest BCUT2D eigenvalue weighted by Crippen LogP contribution is -2.26. The normalized spacial score (nSPS) is 20.4. The number of aromatic nitrogens is 1. The molecule has 1 fully saturated rings. The molecule has 18 heavy (non-hydrogen) atoms. The number of alkyl halides is 3. The van der Waals surface area contributed by atoms with Gasteiger partial charge in [0, 0.05) is 20.2 Å². The zero-order valence-electron chi connectivity index (χ0n) is 9.87. The molecule has 2 rings (SSSR count). The average Bonchev–Trinajstić information content (AvgIpc) is 2.76. The van der Waals surface area contributed by atoms with Crippen LogP contribution < -0.4 is 10.6 Å². The number of hydrogen-bond donors (Lipinski definition) is 1. The molecule has 1 aromatic rings. The monoisotopic (exact) mass is 261 g/mol. The van der Waals surface area contributed by atoms with E-state index in [1.807, 2.05) is 0 Å². The van der Waals surface area contributed by atoms with Crippen LogP contribution in [0, 0.1) is 0 Å². The van der Waals surface area contributed by atoms with Crippen LogP contribution in [0.3, 0.4) is 0 Å². The lowest BCUT2D eigenvalue weighted by Gasteiger charge is -2.21. The summed E-state index contributed by atoms with van der Waals surface area (Å²) in [6.45, 7) is 0.912. The average molecular weight is 261 g/mol. The summed E-state index contributed by atoms with van der Waals surface area (Å²) in [5.41, 5.74) is 4.59. The molecule has 0 saturated carbocycles. The smallest absolute Gasteiger partial charge is 0.397 e. The summed E-state index contributed by atoms with van der Waals surface area (Å²) in [5, 5.41) is 0. The van der Waals surface area contributed by atoms with Crippen LogP contribution >= 0.6 is 0 Å². The number of hydrogen-bond acceptors (Lipinski definition) is 4. The molecule has 0 aliphatic carbocycles. The minimum absolute atomic E-state index is 0.00793. The Labute approximate surface area is 103 Å². The highest BCUT2D eigenvalue weighted by molar-refractivity contribution is 5.55. The number of methoxy groups -OCH3 is 1. The molecule has 4 nitrogen and oxygen atoms in total. The molecule has 0 amide bonds. The predicted molar refractivity (Wildman–Crippen MR) is 61.3 cm³/mol. The summed E-state index contributed by atoms with van der Waals surface area (Å²) in [6, 6.07) is 0.919. The zero-order chi connectivity index (χ0) is 13.3. The highest BCUT2D eigenvalue weighted by Gasteiger charge is 2.37. The van der Waals surface area contributed by atoms with Crippen molar-refractivity contribution < 1.29 is 17.9 Å². The summed E-state index contributed by atoms with van der Waals surface area (Å²) in [5.74, 6) is -0.0729. The van der Waals surface area contributed by atoms with E-state index in [4.69, 9.17) is 10.5 Å². The van der Waals surface area contributed by atoms with Crippen molar-refractivity contribution >= 4 is 11.5 Å². The van der Waals surface area contributed by atoms with E-state index in [-0.39, 0.29) is 17.6 Å². The number of rotatable bonds is 2. The van der Waals surface area contributed by atoms with Gasteiger partial charge in [0.2, 0.25) is 0 Å². The summed E-state index contributed by atoms with van der Waals surface area (Å²) < 4.78 is 43.9. The van der Waals surface area contributed by atoms with Crippen LogP contribution in [0.4, 0.5) is 24.7 Å². The van der Waals surface area contributed by atoms with Crippen LogP contribution in [0.1, 0.15) is 12.0 Å². The van der Waals surface area contributed by atoms with Crippen LogP contribution in [0.15, 0.2) is 12.3 Å². The highest BCUT2D eigenvalue weighted by Crippen LogP contribution is 2.37. The summed E-state index contributed by atoms with van der Waals surface area (Å²) >= 11 is 0. The van der Waals surface area contributed by atoms with Crippen molar-refractivity contribution in [3.8, 4) is 0 Å². The lowest BCUT2D eigenvalue weighted by atomic mass is 10.2. The van der Waals surface area contributed by atoms with Gasteiger partial charge in [0.1, 0.15) is 11.4 Å². The van der Waals surface area contributed by atoms with Gasteiger partial charge in [0.25, 0.3) is 0 Å². The third kappa shape index (κ3) is 2.50. The van der Waals surface area contributed by atoms with E-state index in [1.165, 1.54) is 6.20 Å². The predicted octanol–water partition coefficient (Wildman–Crippen LogP) is 1.91. The van der Waals surface area contributed by atoms with Gasteiger partial charge >= 0.3 is 6.18 Å². The van der Waals surface area contributed by atoms with E-state index in [1.54, 1.807) is 12.0 Å². The first kappa shape index (κ1) is 12.9. The molecule has 2 heterocycles. The molecule has 0 spiro atoms. The topological polar surface area (TPSA) is 51.4 Å². The van der Waals surface area contributed by atoms with Crippen molar-refractivity contribution in [2.45, 2.75) is 18.7 Å². The van der Waals surface area contributed by atoms with E-state index in [0.717, 1.165) is 6.07 Å². The maximum absolute atomic E-state index is 12.9. The molecule has 1 aliphatic heterocycles. The third-order valence-corrected chi connectivity index (χ3v) is 2.97. The second kappa shape index (κ2) is 4.64. The number of nitrogens with zero attached hydrogens (tertiary/aromatic N) is 2. The van der Waals surface area contributed by atoms with Crippen LogP contribution in [-0.2, 0) is 10.9 Å². The summed E-state index contributed by atoms with van der Waals surface area (Å²) in [6.07, 6.45) is -2.57. The maximum Gasteiger partial charge on any atom is 0.420 e. The Kier molecular flexibility index (Phi) is 3.34. The van der Waals surface area contributed by atoms with Crippen molar-refractivity contribution in [2.24, 2.45) is 0 Å². The molecule has 0 aromatic carbocycles. The van der Waals surface area contributed by atoms with Crippen LogP contribution in [0.25, 0.3) is 0 Å². The number of anilines is 2. The van der Waals surface area contributed by atoms with Gasteiger partial charge in [0.15, 0.2) is 0 Å². The first-order valence-corrected chi connectivity index (χ1v) is 5.52. The fourth-order valence-corrected chi connectivity index (χ4v) is 2.05. The van der Waals surface area contributed by atoms with Crippen molar-refractivity contribution in [3.05, 3.63) is 17.8 Å². The molecule has 0 radical (unpaired) electrons. The number of ether oxygens (including phenoxy) is 1. The maximum atomic E-state index is 12.9. The molecule has 1 saturated heterocycles. The van der Waals surface area contributed by atoms with Gasteiger partial charge in [-0.15, -0.1) is 0 Å². The molecular weight excluding hydrogens is 247 g/mol. The number of nitrogens with two attached hydrogens (primary N) is 1. The number of nitrogen functional groups attached to an aromatic ring is 1. The molecule has 7 heteroatoms. The molecule has 0 bridgehead atoms. The van der Waals surface area contributed by atoms with Crippen molar-refractivity contribution in [3.63, 3.8) is 0 Å². The zero-order valence-corrected chi connectivity index (χ0v) is 9.87. The van der Waals surface area contributed by atoms with Crippen LogP contribution in [-0.4, -0.2) is 31.3 Å². The molecular formula is C11H14F3N3O. The first-order valence-electron chi connectivity index (χ1n) is 5.52. The van der Waals surface area contributed by atoms with Gasteiger partial charge in [0.05, 0.1) is 18.0 Å². The van der Waals surface area contributed by atoms with Crippen LogP contribution in [0.2, 0.25) is 0 Å². The van der Waals surface area contributed by atoms with Gasteiger partial charge in [-0.1, -0.05) is 0 Å². The van der Waals surface area contributed by atoms with E-state index < -0.39 is 11.7 Å². The van der Waals surface area contributed by atoms with Gasteiger partial charge in [-0.25, -0.2) is 4.98 Å². The molecule has 100 valence electrons. The Morgan fingerprint density at radius 3 is 2.78 bits per heavy atom. The van der Waals surface area contributed by atoms with Gasteiger partial charge < -0.3 is 15.4 Å². The fraction of sp³-hybridized carbons (Fsp3) is 0.545. The summed E-state index contributed by atoms with van der Waals surface area (Å²) in [7, 11) is 1.55. The number of pyridine rings is 1. The first-order chi connectivity index (χ1) is 8.41. The Bertz CT molecular complexity index is 436. The SMILES string of the molecule is CO[C@@H]1CCN(c2ncc(N)cc2C(F)(F)F)C1. The highest BCUT2D eigenvalue weighted by atomic mass is 19.4. The van der Waals surface area contributed by atoms with Crippen molar-refractivity contribution in [2.75, 3.05) is 30.8 Å². The van der Waals surface area contributed by atoms with Crippen LogP contribution in [0.5, 0.6) is 0 Å². The largest absolute Gasteiger partial charge is 0.420 e.